The van der Waals surface area contributed by atoms with E-state index in [1.807, 2.05) is 36.2 Å². The van der Waals surface area contributed by atoms with Crippen LogP contribution in [0.25, 0.3) is 0 Å². The van der Waals surface area contributed by atoms with Crippen LogP contribution in [0.15, 0.2) is 24.3 Å². The van der Waals surface area contributed by atoms with Gasteiger partial charge in [-0.2, -0.15) is 0 Å². The van der Waals surface area contributed by atoms with Gasteiger partial charge in [-0.05, 0) is 30.4 Å². The average Bonchev–Trinajstić information content (AvgIpc) is 2.79. The highest BCUT2D eigenvalue weighted by Gasteiger charge is 2.33. The Labute approximate surface area is 113 Å². The minimum Gasteiger partial charge on any atom is -0.393 e. The van der Waals surface area contributed by atoms with E-state index in [-0.39, 0.29) is 17.9 Å². The largest absolute Gasteiger partial charge is 0.393 e. The molecule has 1 amide bonds. The molecular weight excluding hydrogens is 240 g/mol. The predicted molar refractivity (Wildman–Crippen MR) is 74.0 cm³/mol. The van der Waals surface area contributed by atoms with Gasteiger partial charge in [-0.15, -0.1) is 0 Å². The molecule has 0 saturated heterocycles. The number of nitrogens with zero attached hydrogens (tertiary/aromatic N) is 1. The molecule has 2 aliphatic rings. The van der Waals surface area contributed by atoms with Gasteiger partial charge < -0.3 is 15.3 Å². The van der Waals surface area contributed by atoms with Gasteiger partial charge in [-0.1, -0.05) is 18.2 Å². The number of rotatable bonds is 3. The first kappa shape index (κ1) is 12.5. The quantitative estimate of drug-likeness (QED) is 0.864. The first-order chi connectivity index (χ1) is 9.15. The molecule has 0 bridgehead atoms. The standard InChI is InChI=1S/C15H20N2O2/c1-17(9-10-6-11(18)7-10)15(19)13-8-16-14-5-3-2-4-12(13)14/h2-5,10-11,13,16,18H,6-9H2,1H3. The molecule has 1 aliphatic carbocycles. The Kier molecular flexibility index (Phi) is 3.19. The van der Waals surface area contributed by atoms with E-state index in [1.54, 1.807) is 0 Å². The van der Waals surface area contributed by atoms with Crippen molar-refractivity contribution in [2.24, 2.45) is 5.92 Å². The molecule has 0 radical (unpaired) electrons. The van der Waals surface area contributed by atoms with Crippen LogP contribution in [0.1, 0.15) is 24.3 Å². The molecule has 3 rings (SSSR count). The third-order valence-corrected chi connectivity index (χ3v) is 4.25. The Morgan fingerprint density at radius 3 is 2.89 bits per heavy atom. The maximum Gasteiger partial charge on any atom is 0.231 e. The van der Waals surface area contributed by atoms with E-state index in [0.29, 0.717) is 12.5 Å². The van der Waals surface area contributed by atoms with Crippen LogP contribution in [0.3, 0.4) is 0 Å². The predicted octanol–water partition coefficient (Wildman–Crippen LogP) is 1.42. The van der Waals surface area contributed by atoms with Crippen LogP contribution in [-0.2, 0) is 4.79 Å². The zero-order chi connectivity index (χ0) is 13.4. The van der Waals surface area contributed by atoms with Crippen molar-refractivity contribution >= 4 is 11.6 Å². The summed E-state index contributed by atoms with van der Waals surface area (Å²) in [5.41, 5.74) is 2.18. The van der Waals surface area contributed by atoms with Crippen molar-refractivity contribution in [3.8, 4) is 0 Å². The first-order valence-electron chi connectivity index (χ1n) is 6.91. The number of fused-ring (bicyclic) bond motifs is 1. The zero-order valence-electron chi connectivity index (χ0n) is 11.2. The van der Waals surface area contributed by atoms with Crippen molar-refractivity contribution in [3.05, 3.63) is 29.8 Å². The Bertz CT molecular complexity index is 483. The van der Waals surface area contributed by atoms with Crippen LogP contribution in [0.4, 0.5) is 5.69 Å². The normalized spacial score (nSPS) is 28.2. The van der Waals surface area contributed by atoms with E-state index in [4.69, 9.17) is 0 Å². The maximum absolute atomic E-state index is 12.5. The summed E-state index contributed by atoms with van der Waals surface area (Å²) in [6.07, 6.45) is 1.51. The van der Waals surface area contributed by atoms with Gasteiger partial charge in [0.2, 0.25) is 5.91 Å². The summed E-state index contributed by atoms with van der Waals surface area (Å²) in [4.78, 5) is 14.3. The summed E-state index contributed by atoms with van der Waals surface area (Å²) < 4.78 is 0. The first-order valence-corrected chi connectivity index (χ1v) is 6.91. The fourth-order valence-electron chi connectivity index (χ4n) is 3.10. The molecular formula is C15H20N2O2. The van der Waals surface area contributed by atoms with Crippen LogP contribution in [0.2, 0.25) is 0 Å². The molecule has 1 atom stereocenters. The minimum absolute atomic E-state index is 0.0637. The second kappa shape index (κ2) is 4.85. The van der Waals surface area contributed by atoms with Crippen molar-refractivity contribution in [1.29, 1.82) is 0 Å². The van der Waals surface area contributed by atoms with Gasteiger partial charge in [0.15, 0.2) is 0 Å². The molecule has 1 aromatic carbocycles. The smallest absolute Gasteiger partial charge is 0.231 e. The second-order valence-electron chi connectivity index (χ2n) is 5.73. The summed E-state index contributed by atoms with van der Waals surface area (Å²) in [6, 6.07) is 8.01. The Hall–Kier alpha value is -1.55. The van der Waals surface area contributed by atoms with Gasteiger partial charge in [0.25, 0.3) is 0 Å². The van der Waals surface area contributed by atoms with E-state index in [9.17, 15) is 9.90 Å². The molecule has 1 saturated carbocycles. The van der Waals surface area contributed by atoms with Gasteiger partial charge in [-0.3, -0.25) is 4.79 Å². The number of anilines is 1. The topological polar surface area (TPSA) is 52.6 Å². The van der Waals surface area contributed by atoms with Gasteiger partial charge in [0.05, 0.1) is 12.0 Å². The van der Waals surface area contributed by atoms with Gasteiger partial charge in [0.1, 0.15) is 0 Å². The van der Waals surface area contributed by atoms with Crippen LogP contribution in [0.5, 0.6) is 0 Å². The van der Waals surface area contributed by atoms with Crippen molar-refractivity contribution in [2.75, 3.05) is 25.5 Å². The lowest BCUT2D eigenvalue weighted by atomic mass is 9.82. The fraction of sp³-hybridized carbons (Fsp3) is 0.533. The number of carbonyl (C=O) groups is 1. The molecule has 19 heavy (non-hydrogen) atoms. The van der Waals surface area contributed by atoms with E-state index >= 15 is 0 Å². The van der Waals surface area contributed by atoms with Gasteiger partial charge >= 0.3 is 0 Å². The fourth-order valence-corrected chi connectivity index (χ4v) is 3.10. The van der Waals surface area contributed by atoms with E-state index in [1.165, 1.54) is 0 Å². The van der Waals surface area contributed by atoms with E-state index in [0.717, 1.165) is 30.6 Å². The number of aliphatic hydroxyl groups excluding tert-OH is 1. The average molecular weight is 260 g/mol. The van der Waals surface area contributed by atoms with Crippen LogP contribution < -0.4 is 5.32 Å². The molecule has 4 nitrogen and oxygen atoms in total. The monoisotopic (exact) mass is 260 g/mol. The number of nitrogens with one attached hydrogen (secondary N) is 1. The second-order valence-corrected chi connectivity index (χ2v) is 5.73. The number of likely N-dealkylation sites (N-methyl/N-ethyl adjacent to an activating group) is 1. The molecule has 1 heterocycles. The Morgan fingerprint density at radius 2 is 2.16 bits per heavy atom. The van der Waals surface area contributed by atoms with Crippen molar-refractivity contribution in [2.45, 2.75) is 24.9 Å². The van der Waals surface area contributed by atoms with Crippen LogP contribution >= 0.6 is 0 Å². The minimum atomic E-state index is -0.151. The third-order valence-electron chi connectivity index (χ3n) is 4.25. The number of hydrogen-bond donors (Lipinski definition) is 2. The molecule has 1 aromatic rings. The molecule has 2 N–H and O–H groups in total. The number of hydrogen-bond acceptors (Lipinski definition) is 3. The number of benzene rings is 1. The maximum atomic E-state index is 12.5. The molecule has 0 spiro atoms. The molecule has 0 aromatic heterocycles. The summed E-state index contributed by atoms with van der Waals surface area (Å²) in [7, 11) is 1.87. The SMILES string of the molecule is CN(CC1CC(O)C1)C(=O)C1CNc2ccccc21. The third kappa shape index (κ3) is 2.32. The molecule has 4 heteroatoms. The van der Waals surface area contributed by atoms with Gasteiger partial charge in [-0.25, -0.2) is 0 Å². The van der Waals surface area contributed by atoms with Crippen LogP contribution in [-0.4, -0.2) is 42.2 Å². The van der Waals surface area contributed by atoms with Gasteiger partial charge in [0, 0.05) is 25.8 Å². The lowest BCUT2D eigenvalue weighted by Gasteiger charge is -2.35. The molecule has 1 fully saturated rings. The van der Waals surface area contributed by atoms with Crippen LogP contribution in [0, 0.1) is 5.92 Å². The van der Waals surface area contributed by atoms with Crippen molar-refractivity contribution < 1.29 is 9.90 Å². The zero-order valence-corrected chi connectivity index (χ0v) is 11.2. The highest BCUT2D eigenvalue weighted by Crippen LogP contribution is 2.33. The van der Waals surface area contributed by atoms with Crippen molar-refractivity contribution in [3.63, 3.8) is 0 Å². The lowest BCUT2D eigenvalue weighted by molar-refractivity contribution is -0.132. The molecule has 1 unspecified atom stereocenters. The Morgan fingerprint density at radius 1 is 1.42 bits per heavy atom. The summed E-state index contributed by atoms with van der Waals surface area (Å²) >= 11 is 0. The summed E-state index contributed by atoms with van der Waals surface area (Å²) in [6.45, 7) is 1.45. The number of aliphatic hydroxyl groups is 1. The number of amides is 1. The highest BCUT2D eigenvalue weighted by molar-refractivity contribution is 5.88. The number of para-hydroxylation sites is 1. The summed E-state index contributed by atoms with van der Waals surface area (Å²) in [5.74, 6) is 0.582. The summed E-state index contributed by atoms with van der Waals surface area (Å²) in [5, 5.41) is 12.6. The lowest BCUT2D eigenvalue weighted by Crippen LogP contribution is -2.41. The Balaban J connectivity index is 1.64. The van der Waals surface area contributed by atoms with Crippen molar-refractivity contribution in [1.82, 2.24) is 4.90 Å². The highest BCUT2D eigenvalue weighted by atomic mass is 16.3. The molecule has 1 aliphatic heterocycles. The van der Waals surface area contributed by atoms with E-state index in [2.05, 4.69) is 5.32 Å². The number of carbonyl (C=O) groups excluding carboxylic acids is 1. The van der Waals surface area contributed by atoms with E-state index < -0.39 is 0 Å². The molecule has 102 valence electrons.